The van der Waals surface area contributed by atoms with Gasteiger partial charge in [-0.3, -0.25) is 4.79 Å². The number of nitrogens with zero attached hydrogens (tertiary/aromatic N) is 2. The minimum Gasteiger partial charge on any atom is -0.480 e. The van der Waals surface area contributed by atoms with Gasteiger partial charge in [0.15, 0.2) is 0 Å². The first-order chi connectivity index (χ1) is 12.6. The smallest absolute Gasteiger partial charge is 0.416 e. The second-order valence-corrected chi connectivity index (χ2v) is 6.28. The summed E-state index contributed by atoms with van der Waals surface area (Å²) >= 11 is 0. The molecule has 0 aliphatic heterocycles. The van der Waals surface area contributed by atoms with E-state index in [9.17, 15) is 27.9 Å². The first-order valence-corrected chi connectivity index (χ1v) is 8.32. The first-order valence-electron chi connectivity index (χ1n) is 8.32. The van der Waals surface area contributed by atoms with Gasteiger partial charge in [-0.25, -0.2) is 9.48 Å². The van der Waals surface area contributed by atoms with Crippen molar-refractivity contribution < 1.29 is 27.9 Å². The highest BCUT2D eigenvalue weighted by Crippen LogP contribution is 2.30. The van der Waals surface area contributed by atoms with Crippen molar-refractivity contribution >= 4 is 11.9 Å². The van der Waals surface area contributed by atoms with Gasteiger partial charge >= 0.3 is 12.1 Å². The summed E-state index contributed by atoms with van der Waals surface area (Å²) in [5.74, 6) is -2.08. The zero-order valence-electron chi connectivity index (χ0n) is 15.0. The monoisotopic (exact) mass is 383 g/mol. The number of hydrogen-bond acceptors (Lipinski definition) is 3. The number of rotatable bonds is 6. The molecular formula is C18H20F3N3O3. The number of benzene rings is 1. The van der Waals surface area contributed by atoms with Gasteiger partial charge in [-0.2, -0.15) is 18.3 Å². The maximum atomic E-state index is 12.9. The molecule has 2 aromatic rings. The highest BCUT2D eigenvalue weighted by Gasteiger charge is 2.31. The molecule has 0 spiro atoms. The molecule has 2 rings (SSSR count). The van der Waals surface area contributed by atoms with Crippen molar-refractivity contribution in [3.63, 3.8) is 0 Å². The number of hydrogen-bond donors (Lipinski definition) is 2. The van der Waals surface area contributed by atoms with E-state index in [0.717, 1.165) is 12.1 Å². The number of alkyl halides is 3. The predicted molar refractivity (Wildman–Crippen MR) is 91.6 cm³/mol. The molecule has 2 N–H and O–H groups in total. The van der Waals surface area contributed by atoms with Crippen LogP contribution in [0.4, 0.5) is 13.2 Å². The van der Waals surface area contributed by atoms with Crippen molar-refractivity contribution in [1.82, 2.24) is 15.1 Å². The molecule has 9 heteroatoms. The minimum atomic E-state index is -4.50. The topological polar surface area (TPSA) is 84.2 Å². The molecule has 1 aromatic heterocycles. The van der Waals surface area contributed by atoms with Crippen LogP contribution in [0.2, 0.25) is 0 Å². The Kier molecular flexibility index (Phi) is 5.92. The fourth-order valence-electron chi connectivity index (χ4n) is 2.61. The van der Waals surface area contributed by atoms with Gasteiger partial charge in [0, 0.05) is 0 Å². The van der Waals surface area contributed by atoms with Gasteiger partial charge in [-0.05, 0) is 31.0 Å². The van der Waals surface area contributed by atoms with Gasteiger partial charge in [0.2, 0.25) is 0 Å². The predicted octanol–water partition coefficient (Wildman–Crippen LogP) is 3.43. The second kappa shape index (κ2) is 7.81. The first kappa shape index (κ1) is 20.5. The molecule has 146 valence electrons. The molecule has 0 fully saturated rings. The molecule has 1 amide bonds. The molecule has 1 aromatic carbocycles. The summed E-state index contributed by atoms with van der Waals surface area (Å²) in [4.78, 5) is 23.8. The largest absolute Gasteiger partial charge is 0.480 e. The maximum absolute atomic E-state index is 12.9. The third kappa shape index (κ3) is 4.47. The van der Waals surface area contributed by atoms with E-state index in [1.807, 2.05) is 6.92 Å². The van der Waals surface area contributed by atoms with Crippen LogP contribution >= 0.6 is 0 Å². The number of carbonyl (C=O) groups is 2. The SMILES string of the molecule is CCC(C)C(NC(=O)c1cnn(-c2cccc(C(F)(F)F)c2)c1C)C(=O)O. The lowest BCUT2D eigenvalue weighted by molar-refractivity contribution is -0.140. The summed E-state index contributed by atoms with van der Waals surface area (Å²) in [5, 5.41) is 15.7. The summed E-state index contributed by atoms with van der Waals surface area (Å²) in [6.07, 6.45) is -2.73. The second-order valence-electron chi connectivity index (χ2n) is 6.28. The van der Waals surface area contributed by atoms with Crippen molar-refractivity contribution in [3.05, 3.63) is 47.3 Å². The van der Waals surface area contributed by atoms with Gasteiger partial charge in [-0.1, -0.05) is 26.3 Å². The number of carbonyl (C=O) groups excluding carboxylic acids is 1. The Labute approximate surface area is 154 Å². The molecule has 1 heterocycles. The molecule has 0 radical (unpaired) electrons. The van der Waals surface area contributed by atoms with Crippen LogP contribution in [0.15, 0.2) is 30.5 Å². The normalized spacial score (nSPS) is 13.9. The number of halogens is 3. The van der Waals surface area contributed by atoms with E-state index in [1.165, 1.54) is 29.9 Å². The Hall–Kier alpha value is -2.84. The summed E-state index contributed by atoms with van der Waals surface area (Å²) in [5.41, 5.74) is -0.274. The highest BCUT2D eigenvalue weighted by molar-refractivity contribution is 5.97. The average molecular weight is 383 g/mol. The van der Waals surface area contributed by atoms with Crippen LogP contribution in [0.5, 0.6) is 0 Å². The zero-order valence-corrected chi connectivity index (χ0v) is 15.0. The summed E-state index contributed by atoms with van der Waals surface area (Å²) in [6.45, 7) is 5.04. The zero-order chi connectivity index (χ0) is 20.4. The van der Waals surface area contributed by atoms with Crippen molar-refractivity contribution in [3.8, 4) is 5.69 Å². The summed E-state index contributed by atoms with van der Waals surface area (Å²) in [7, 11) is 0. The summed E-state index contributed by atoms with van der Waals surface area (Å²) in [6, 6.07) is 3.50. The Balaban J connectivity index is 2.32. The third-order valence-corrected chi connectivity index (χ3v) is 4.44. The van der Waals surface area contributed by atoms with Crippen LogP contribution in [-0.4, -0.2) is 32.8 Å². The molecule has 6 nitrogen and oxygen atoms in total. The van der Waals surface area contributed by atoms with Gasteiger partial charge in [0.1, 0.15) is 6.04 Å². The van der Waals surface area contributed by atoms with Crippen LogP contribution in [0, 0.1) is 12.8 Å². The lowest BCUT2D eigenvalue weighted by atomic mass is 9.99. The van der Waals surface area contributed by atoms with E-state index >= 15 is 0 Å². The van der Waals surface area contributed by atoms with E-state index < -0.39 is 29.7 Å². The van der Waals surface area contributed by atoms with E-state index in [1.54, 1.807) is 6.92 Å². The molecule has 2 unspecified atom stereocenters. The fraction of sp³-hybridized carbons (Fsp3) is 0.389. The number of aromatic nitrogens is 2. The van der Waals surface area contributed by atoms with Crippen molar-refractivity contribution in [2.24, 2.45) is 5.92 Å². The molecule has 0 saturated carbocycles. The van der Waals surface area contributed by atoms with Gasteiger partial charge in [-0.15, -0.1) is 0 Å². The van der Waals surface area contributed by atoms with E-state index in [2.05, 4.69) is 10.4 Å². The minimum absolute atomic E-state index is 0.0990. The average Bonchev–Trinajstić information content (AvgIpc) is 2.99. The van der Waals surface area contributed by atoms with Crippen LogP contribution in [0.25, 0.3) is 5.69 Å². The van der Waals surface area contributed by atoms with Gasteiger partial charge < -0.3 is 10.4 Å². The lowest BCUT2D eigenvalue weighted by Crippen LogP contribution is -2.45. The quantitative estimate of drug-likeness (QED) is 0.801. The van der Waals surface area contributed by atoms with Crippen molar-refractivity contribution in [2.45, 2.75) is 39.4 Å². The molecule has 0 bridgehead atoms. The lowest BCUT2D eigenvalue weighted by Gasteiger charge is -2.20. The highest BCUT2D eigenvalue weighted by atomic mass is 19.4. The third-order valence-electron chi connectivity index (χ3n) is 4.44. The Morgan fingerprint density at radius 1 is 1.33 bits per heavy atom. The molecule has 0 aliphatic carbocycles. The molecule has 0 aliphatic rings. The van der Waals surface area contributed by atoms with E-state index in [0.29, 0.717) is 12.1 Å². The summed E-state index contributed by atoms with van der Waals surface area (Å²) < 4.78 is 39.9. The Morgan fingerprint density at radius 3 is 2.56 bits per heavy atom. The number of carboxylic acid groups (broad SMARTS) is 1. The van der Waals surface area contributed by atoms with Crippen LogP contribution in [-0.2, 0) is 11.0 Å². The Morgan fingerprint density at radius 2 is 2.00 bits per heavy atom. The molecular weight excluding hydrogens is 363 g/mol. The van der Waals surface area contributed by atoms with E-state index in [-0.39, 0.29) is 17.2 Å². The van der Waals surface area contributed by atoms with Gasteiger partial charge in [0.05, 0.1) is 28.7 Å². The van der Waals surface area contributed by atoms with Crippen LogP contribution in [0.3, 0.4) is 0 Å². The Bertz CT molecular complexity index is 846. The van der Waals surface area contributed by atoms with Crippen molar-refractivity contribution in [2.75, 3.05) is 0 Å². The fourth-order valence-corrected chi connectivity index (χ4v) is 2.61. The number of nitrogens with one attached hydrogen (secondary N) is 1. The van der Waals surface area contributed by atoms with Crippen molar-refractivity contribution in [1.29, 1.82) is 0 Å². The number of carboxylic acids is 1. The van der Waals surface area contributed by atoms with Crippen LogP contribution < -0.4 is 5.32 Å². The number of amides is 1. The molecule has 27 heavy (non-hydrogen) atoms. The molecule has 0 saturated heterocycles. The number of aliphatic carboxylic acids is 1. The molecule has 2 atom stereocenters. The maximum Gasteiger partial charge on any atom is 0.416 e. The standard InChI is InChI=1S/C18H20F3N3O3/c1-4-10(2)15(17(26)27)23-16(25)14-9-22-24(11(14)3)13-7-5-6-12(8-13)18(19,20)21/h5-10,15H,4H2,1-3H3,(H,23,25)(H,26,27). The van der Waals surface area contributed by atoms with Crippen LogP contribution in [0.1, 0.15) is 41.9 Å². The van der Waals surface area contributed by atoms with Gasteiger partial charge in [0.25, 0.3) is 5.91 Å². The van der Waals surface area contributed by atoms with E-state index in [4.69, 9.17) is 0 Å².